The van der Waals surface area contributed by atoms with Gasteiger partial charge in [-0.05, 0) is 76.9 Å². The van der Waals surface area contributed by atoms with Crippen molar-refractivity contribution in [2.24, 2.45) is 0 Å². The predicted molar refractivity (Wildman–Crippen MR) is 190 cm³/mol. The zero-order valence-electron chi connectivity index (χ0n) is 25.5. The highest BCUT2D eigenvalue weighted by molar-refractivity contribution is 6.09. The van der Waals surface area contributed by atoms with Crippen molar-refractivity contribution >= 4 is 38.9 Å². The summed E-state index contributed by atoms with van der Waals surface area (Å²) in [5.41, 5.74) is 11.4. The molecule has 0 saturated heterocycles. The summed E-state index contributed by atoms with van der Waals surface area (Å²) in [5, 5.41) is 12.0. The molecule has 0 unspecified atom stereocenters. The second kappa shape index (κ2) is 10.6. The van der Waals surface area contributed by atoms with Crippen molar-refractivity contribution in [2.45, 2.75) is 5.41 Å². The van der Waals surface area contributed by atoms with Gasteiger partial charge in [-0.15, -0.1) is 0 Å². The number of hydrogen-bond acceptors (Lipinski definition) is 3. The molecule has 8 aromatic rings. The number of nitriles is 1. The molecule has 4 nitrogen and oxygen atoms in total. The Hall–Kier alpha value is -6.44. The number of hydrogen-bond donors (Lipinski definition) is 0. The molecule has 0 atom stereocenters. The number of pyridine rings is 1. The van der Waals surface area contributed by atoms with E-state index >= 15 is 0 Å². The summed E-state index contributed by atoms with van der Waals surface area (Å²) >= 11 is 0. The van der Waals surface area contributed by atoms with Crippen molar-refractivity contribution < 1.29 is 0 Å². The largest absolute Gasteiger partial charge is 0.310 e. The number of rotatable bonds is 4. The van der Waals surface area contributed by atoms with Crippen LogP contribution in [0.15, 0.2) is 170 Å². The van der Waals surface area contributed by atoms with E-state index in [0.717, 1.165) is 44.7 Å². The minimum atomic E-state index is -0.601. The van der Waals surface area contributed by atoms with Gasteiger partial charge in [0.05, 0.1) is 39.5 Å². The van der Waals surface area contributed by atoms with Crippen LogP contribution in [-0.4, -0.2) is 9.55 Å². The van der Waals surface area contributed by atoms with Gasteiger partial charge in [-0.1, -0.05) is 103 Å². The van der Waals surface area contributed by atoms with Crippen LogP contribution in [0, 0.1) is 11.3 Å². The van der Waals surface area contributed by atoms with Gasteiger partial charge >= 0.3 is 0 Å². The molecule has 0 spiro atoms. The number of aromatic nitrogens is 2. The molecule has 9 rings (SSSR count). The topological polar surface area (TPSA) is 44.9 Å². The van der Waals surface area contributed by atoms with Crippen molar-refractivity contribution in [3.63, 3.8) is 0 Å². The third kappa shape index (κ3) is 3.90. The van der Waals surface area contributed by atoms with Crippen molar-refractivity contribution in [1.82, 2.24) is 9.55 Å². The molecule has 6 aromatic carbocycles. The van der Waals surface area contributed by atoms with Crippen LogP contribution in [0.4, 0.5) is 17.1 Å². The molecule has 220 valence electrons. The first kappa shape index (κ1) is 26.9. The van der Waals surface area contributed by atoms with Gasteiger partial charge in [0.15, 0.2) is 0 Å². The van der Waals surface area contributed by atoms with Crippen LogP contribution in [0.25, 0.3) is 27.5 Å². The monoisotopic (exact) mass is 600 g/mol. The van der Waals surface area contributed by atoms with E-state index in [4.69, 9.17) is 0 Å². The minimum absolute atomic E-state index is 0.601. The highest BCUT2D eigenvalue weighted by Crippen LogP contribution is 2.57. The zero-order valence-corrected chi connectivity index (χ0v) is 25.5. The maximum Gasteiger partial charge on any atom is 0.0991 e. The molecule has 0 aliphatic carbocycles. The molecule has 3 heterocycles. The Morgan fingerprint density at radius 1 is 0.532 bits per heavy atom. The first-order valence-electron chi connectivity index (χ1n) is 15.8. The molecule has 0 fully saturated rings. The molecule has 4 heteroatoms. The minimum Gasteiger partial charge on any atom is -0.310 e. The van der Waals surface area contributed by atoms with Crippen LogP contribution in [-0.2, 0) is 5.41 Å². The fourth-order valence-electron chi connectivity index (χ4n) is 7.66. The van der Waals surface area contributed by atoms with Crippen LogP contribution < -0.4 is 4.90 Å². The maximum absolute atomic E-state index is 9.64. The number of anilines is 3. The van der Waals surface area contributed by atoms with Crippen molar-refractivity contribution in [3.8, 4) is 11.8 Å². The highest BCUT2D eigenvalue weighted by Gasteiger charge is 2.46. The van der Waals surface area contributed by atoms with Crippen molar-refractivity contribution in [1.29, 1.82) is 5.26 Å². The number of nitrogens with zero attached hydrogens (tertiary/aromatic N) is 4. The summed E-state index contributed by atoms with van der Waals surface area (Å²) in [4.78, 5) is 6.84. The van der Waals surface area contributed by atoms with Gasteiger partial charge in [0.1, 0.15) is 0 Å². The van der Waals surface area contributed by atoms with E-state index in [1.54, 1.807) is 0 Å². The fraction of sp³-hybridized carbons (Fsp3) is 0.0233. The summed E-state index contributed by atoms with van der Waals surface area (Å²) in [6, 6.07) is 58.1. The van der Waals surface area contributed by atoms with E-state index in [1.807, 2.05) is 24.5 Å². The molecular formula is C43H28N4. The Bertz CT molecular complexity index is 2380. The predicted octanol–water partition coefficient (Wildman–Crippen LogP) is 10.2. The van der Waals surface area contributed by atoms with E-state index in [2.05, 4.69) is 166 Å². The summed E-state index contributed by atoms with van der Waals surface area (Å²) in [6.45, 7) is 0. The SMILES string of the molecule is N#Cc1ccc(C2(c3ccccc3)c3ccccc3N(c3cccc(-n4c5ccccc5c5cnccc54)c3)c3ccccc32)cc1. The second-order valence-electron chi connectivity index (χ2n) is 11.9. The van der Waals surface area contributed by atoms with Gasteiger partial charge in [0.2, 0.25) is 0 Å². The molecule has 0 N–H and O–H groups in total. The van der Waals surface area contributed by atoms with Gasteiger partial charge < -0.3 is 9.47 Å². The third-order valence-electron chi connectivity index (χ3n) is 9.57. The zero-order chi connectivity index (χ0) is 31.4. The fourth-order valence-corrected chi connectivity index (χ4v) is 7.66. The number of para-hydroxylation sites is 3. The lowest BCUT2D eigenvalue weighted by atomic mass is 9.62. The third-order valence-corrected chi connectivity index (χ3v) is 9.57. The van der Waals surface area contributed by atoms with Gasteiger partial charge in [-0.3, -0.25) is 4.98 Å². The Kier molecular flexibility index (Phi) is 6.06. The quantitative estimate of drug-likeness (QED) is 0.202. The lowest BCUT2D eigenvalue weighted by molar-refractivity contribution is 0.731. The lowest BCUT2D eigenvalue weighted by Crippen LogP contribution is -2.37. The van der Waals surface area contributed by atoms with Crippen LogP contribution in [0.3, 0.4) is 0 Å². The molecule has 2 aromatic heterocycles. The van der Waals surface area contributed by atoms with E-state index in [1.165, 1.54) is 22.1 Å². The van der Waals surface area contributed by atoms with E-state index in [-0.39, 0.29) is 0 Å². The first-order chi connectivity index (χ1) is 23.3. The van der Waals surface area contributed by atoms with E-state index in [9.17, 15) is 5.26 Å². The lowest BCUT2D eigenvalue weighted by Gasteiger charge is -2.46. The first-order valence-corrected chi connectivity index (χ1v) is 15.8. The van der Waals surface area contributed by atoms with Crippen molar-refractivity contribution in [3.05, 3.63) is 198 Å². The van der Waals surface area contributed by atoms with Crippen LogP contribution in [0.1, 0.15) is 27.8 Å². The Balaban J connectivity index is 1.32. The van der Waals surface area contributed by atoms with Gasteiger partial charge in [-0.25, -0.2) is 0 Å². The summed E-state index contributed by atoms with van der Waals surface area (Å²) in [6.07, 6.45) is 3.83. The van der Waals surface area contributed by atoms with Gasteiger partial charge in [0, 0.05) is 34.5 Å². The van der Waals surface area contributed by atoms with Crippen LogP contribution >= 0.6 is 0 Å². The molecule has 47 heavy (non-hydrogen) atoms. The molecule has 0 saturated carbocycles. The Morgan fingerprint density at radius 2 is 1.15 bits per heavy atom. The standard InChI is InChI=1S/C43H28N4/c44-28-30-21-23-32(24-22-30)43(31-11-2-1-3-12-31)37-16-5-8-19-41(37)47(42-20-9-6-17-38(42)43)34-14-10-13-33(27-34)46-39-18-7-4-15-35(39)36-29-45-26-25-40(36)46/h1-27,29H. The number of benzene rings is 6. The average Bonchev–Trinajstić information content (AvgIpc) is 3.49. The number of fused-ring (bicyclic) bond motifs is 5. The highest BCUT2D eigenvalue weighted by atomic mass is 15.2. The maximum atomic E-state index is 9.64. The molecule has 1 aliphatic heterocycles. The molecule has 0 bridgehead atoms. The van der Waals surface area contributed by atoms with Crippen LogP contribution in [0.5, 0.6) is 0 Å². The normalized spacial score (nSPS) is 13.2. The van der Waals surface area contributed by atoms with Crippen LogP contribution in [0.2, 0.25) is 0 Å². The molecular weight excluding hydrogens is 573 g/mol. The van der Waals surface area contributed by atoms with Gasteiger partial charge in [0.25, 0.3) is 0 Å². The summed E-state index contributed by atoms with van der Waals surface area (Å²) in [7, 11) is 0. The summed E-state index contributed by atoms with van der Waals surface area (Å²) in [5.74, 6) is 0. The second-order valence-corrected chi connectivity index (χ2v) is 11.9. The van der Waals surface area contributed by atoms with Crippen molar-refractivity contribution in [2.75, 3.05) is 4.90 Å². The Labute approximate surface area is 273 Å². The Morgan fingerprint density at radius 3 is 1.89 bits per heavy atom. The summed E-state index contributed by atoms with van der Waals surface area (Å²) < 4.78 is 2.34. The van der Waals surface area contributed by atoms with E-state index < -0.39 is 5.41 Å². The van der Waals surface area contributed by atoms with E-state index in [0.29, 0.717) is 5.56 Å². The average molecular weight is 601 g/mol. The molecule has 0 radical (unpaired) electrons. The smallest absolute Gasteiger partial charge is 0.0991 e. The van der Waals surface area contributed by atoms with Gasteiger partial charge in [-0.2, -0.15) is 5.26 Å². The molecule has 1 aliphatic rings. The molecule has 0 amide bonds.